The van der Waals surface area contributed by atoms with Gasteiger partial charge >= 0.3 is 0 Å². The number of anilines is 1. The quantitative estimate of drug-likeness (QED) is 0.800. The van der Waals surface area contributed by atoms with E-state index >= 15 is 0 Å². The lowest BCUT2D eigenvalue weighted by atomic mass is 10.1. The number of rotatable bonds is 3. The first kappa shape index (κ1) is 14.6. The molecule has 5 nitrogen and oxygen atoms in total. The smallest absolute Gasteiger partial charge is 0.228 e. The Morgan fingerprint density at radius 2 is 2.32 bits per heavy atom. The fourth-order valence-electron chi connectivity index (χ4n) is 1.86. The Balaban J connectivity index is 2.11. The lowest BCUT2D eigenvalue weighted by Crippen LogP contribution is -2.26. The summed E-state index contributed by atoms with van der Waals surface area (Å²) >= 11 is 12.9. The normalized spacial score (nSPS) is 19.0. The predicted molar refractivity (Wildman–Crippen MR) is 75.7 cm³/mol. The van der Waals surface area contributed by atoms with Crippen LogP contribution in [-0.2, 0) is 9.59 Å². The van der Waals surface area contributed by atoms with Crippen LogP contribution in [0.25, 0.3) is 0 Å². The highest BCUT2D eigenvalue weighted by atomic mass is 35.5. The van der Waals surface area contributed by atoms with Crippen LogP contribution in [0.3, 0.4) is 0 Å². The third-order valence-electron chi connectivity index (χ3n) is 2.68. The highest BCUT2D eigenvalue weighted by Gasteiger charge is 2.32. The molecule has 1 aromatic heterocycles. The van der Waals surface area contributed by atoms with Crippen LogP contribution in [0.5, 0.6) is 0 Å². The topological polar surface area (TPSA) is 63.2 Å². The van der Waals surface area contributed by atoms with E-state index in [4.69, 9.17) is 23.2 Å². The van der Waals surface area contributed by atoms with Gasteiger partial charge in [0.25, 0.3) is 0 Å². The van der Waals surface area contributed by atoms with E-state index in [0.717, 1.165) is 0 Å². The van der Waals surface area contributed by atoms with Crippen molar-refractivity contribution in [3.63, 3.8) is 0 Å². The Morgan fingerprint density at radius 1 is 1.58 bits per heavy atom. The molecule has 0 aromatic carbocycles. The monoisotopic (exact) mass is 319 g/mol. The second kappa shape index (κ2) is 6.07. The van der Waals surface area contributed by atoms with E-state index in [1.165, 1.54) is 29.8 Å². The standard InChI is InChI=1S/C11H11Cl2N3O2S/c1-6(17)19-5-7-2-9(18)16(4-7)10-8(12)3-14-11(13)15-10/h3,7H,2,4-5H2,1H3. The van der Waals surface area contributed by atoms with Gasteiger partial charge in [0.2, 0.25) is 11.2 Å². The zero-order valence-corrected chi connectivity index (χ0v) is 12.4. The fourth-order valence-corrected chi connectivity index (χ4v) is 2.88. The maximum absolute atomic E-state index is 12.0. The SMILES string of the molecule is CC(=O)SCC1CC(=O)N(c2nc(Cl)ncc2Cl)C1. The van der Waals surface area contributed by atoms with Crippen molar-refractivity contribution in [1.82, 2.24) is 9.97 Å². The molecule has 2 heterocycles. The van der Waals surface area contributed by atoms with Gasteiger partial charge in [0, 0.05) is 25.6 Å². The number of thioether (sulfide) groups is 1. The summed E-state index contributed by atoms with van der Waals surface area (Å²) < 4.78 is 0. The maximum atomic E-state index is 12.0. The van der Waals surface area contributed by atoms with E-state index in [0.29, 0.717) is 24.5 Å². The van der Waals surface area contributed by atoms with Gasteiger partial charge in [-0.15, -0.1) is 0 Å². The second-order valence-corrected chi connectivity index (χ2v) is 6.13. The number of carbonyl (C=O) groups is 2. The number of hydrogen-bond acceptors (Lipinski definition) is 5. The van der Waals surface area contributed by atoms with Crippen LogP contribution in [-0.4, -0.2) is 33.3 Å². The Morgan fingerprint density at radius 3 is 3.00 bits per heavy atom. The number of hydrogen-bond donors (Lipinski definition) is 0. The van der Waals surface area contributed by atoms with Crippen LogP contribution in [0.4, 0.5) is 5.82 Å². The van der Waals surface area contributed by atoms with Gasteiger partial charge in [-0.25, -0.2) is 4.98 Å². The summed E-state index contributed by atoms with van der Waals surface area (Å²) in [6.07, 6.45) is 1.76. The van der Waals surface area contributed by atoms with Crippen molar-refractivity contribution in [2.45, 2.75) is 13.3 Å². The van der Waals surface area contributed by atoms with Crippen molar-refractivity contribution in [2.24, 2.45) is 5.92 Å². The van der Waals surface area contributed by atoms with Gasteiger partial charge in [0.15, 0.2) is 10.9 Å². The van der Waals surface area contributed by atoms with E-state index in [2.05, 4.69) is 9.97 Å². The van der Waals surface area contributed by atoms with Crippen molar-refractivity contribution < 1.29 is 9.59 Å². The van der Waals surface area contributed by atoms with Crippen molar-refractivity contribution in [1.29, 1.82) is 0 Å². The van der Waals surface area contributed by atoms with E-state index < -0.39 is 0 Å². The predicted octanol–water partition coefficient (Wildman–Crippen LogP) is 2.42. The summed E-state index contributed by atoms with van der Waals surface area (Å²) in [6.45, 7) is 2.01. The molecule has 0 bridgehead atoms. The largest absolute Gasteiger partial charge is 0.295 e. The summed E-state index contributed by atoms with van der Waals surface area (Å²) in [5.74, 6) is 1.01. The maximum Gasteiger partial charge on any atom is 0.228 e. The van der Waals surface area contributed by atoms with Crippen molar-refractivity contribution in [3.8, 4) is 0 Å². The molecule has 1 aromatic rings. The van der Waals surface area contributed by atoms with Gasteiger partial charge in [0.1, 0.15) is 5.02 Å². The Bertz CT molecular complexity index is 527. The number of halogens is 2. The molecule has 0 radical (unpaired) electrons. The highest BCUT2D eigenvalue weighted by molar-refractivity contribution is 8.13. The fraction of sp³-hybridized carbons (Fsp3) is 0.455. The molecule has 1 aliphatic rings. The van der Waals surface area contributed by atoms with Crippen molar-refractivity contribution in [3.05, 3.63) is 16.5 Å². The summed E-state index contributed by atoms with van der Waals surface area (Å²) in [4.78, 5) is 32.1. The molecule has 1 amide bonds. The van der Waals surface area contributed by atoms with Crippen LogP contribution < -0.4 is 4.90 Å². The molecular formula is C11H11Cl2N3O2S. The summed E-state index contributed by atoms with van der Waals surface area (Å²) in [6, 6.07) is 0. The molecule has 102 valence electrons. The summed E-state index contributed by atoms with van der Waals surface area (Å²) in [5, 5.41) is 0.389. The molecule has 0 aliphatic carbocycles. The Labute approximate surface area is 124 Å². The Kier molecular flexibility index (Phi) is 4.65. The lowest BCUT2D eigenvalue weighted by molar-refractivity contribution is -0.117. The average Bonchev–Trinajstić information content (AvgIpc) is 2.71. The summed E-state index contributed by atoms with van der Waals surface area (Å²) in [5.41, 5.74) is 0. The van der Waals surface area contributed by atoms with E-state index in [1.54, 1.807) is 0 Å². The van der Waals surface area contributed by atoms with Gasteiger partial charge in [-0.2, -0.15) is 4.98 Å². The molecule has 2 rings (SSSR count). The van der Waals surface area contributed by atoms with Crippen LogP contribution in [0.15, 0.2) is 6.20 Å². The first-order valence-electron chi connectivity index (χ1n) is 5.59. The molecule has 1 atom stereocenters. The van der Waals surface area contributed by atoms with Crippen LogP contribution >= 0.6 is 35.0 Å². The van der Waals surface area contributed by atoms with E-state index in [9.17, 15) is 9.59 Å². The number of amides is 1. The number of carbonyl (C=O) groups excluding carboxylic acids is 2. The van der Waals surface area contributed by atoms with Gasteiger partial charge in [-0.1, -0.05) is 23.4 Å². The third kappa shape index (κ3) is 3.58. The zero-order chi connectivity index (χ0) is 14.0. The van der Waals surface area contributed by atoms with Crippen molar-refractivity contribution in [2.75, 3.05) is 17.2 Å². The second-order valence-electron chi connectivity index (χ2n) is 4.19. The molecule has 0 saturated carbocycles. The molecular weight excluding hydrogens is 309 g/mol. The minimum Gasteiger partial charge on any atom is -0.295 e. The first-order valence-corrected chi connectivity index (χ1v) is 7.33. The minimum absolute atomic E-state index is 0.0498. The Hall–Kier alpha value is -0.850. The number of aromatic nitrogens is 2. The van der Waals surface area contributed by atoms with Gasteiger partial charge < -0.3 is 0 Å². The molecule has 1 saturated heterocycles. The van der Waals surface area contributed by atoms with E-state index in [1.807, 2.05) is 0 Å². The van der Waals surface area contributed by atoms with Crippen molar-refractivity contribution >= 4 is 51.8 Å². The molecule has 8 heteroatoms. The highest BCUT2D eigenvalue weighted by Crippen LogP contribution is 2.31. The van der Waals surface area contributed by atoms with Crippen LogP contribution in [0, 0.1) is 5.92 Å². The van der Waals surface area contributed by atoms with Gasteiger partial charge in [-0.05, 0) is 17.5 Å². The number of nitrogens with zero attached hydrogens (tertiary/aromatic N) is 3. The third-order valence-corrected chi connectivity index (χ3v) is 4.17. The van der Waals surface area contributed by atoms with Crippen LogP contribution in [0.2, 0.25) is 10.3 Å². The van der Waals surface area contributed by atoms with E-state index in [-0.39, 0.29) is 27.2 Å². The molecule has 1 aliphatic heterocycles. The zero-order valence-electron chi connectivity index (χ0n) is 10.1. The van der Waals surface area contributed by atoms with Gasteiger partial charge in [0.05, 0.1) is 6.20 Å². The van der Waals surface area contributed by atoms with Gasteiger partial charge in [-0.3, -0.25) is 14.5 Å². The molecule has 0 N–H and O–H groups in total. The first-order chi connectivity index (χ1) is 8.97. The molecule has 19 heavy (non-hydrogen) atoms. The molecule has 1 unspecified atom stereocenters. The van der Waals surface area contributed by atoms with Crippen LogP contribution in [0.1, 0.15) is 13.3 Å². The lowest BCUT2D eigenvalue weighted by Gasteiger charge is -2.16. The molecule has 0 spiro atoms. The minimum atomic E-state index is -0.0641. The summed E-state index contributed by atoms with van der Waals surface area (Å²) in [7, 11) is 0. The average molecular weight is 320 g/mol. The molecule has 1 fully saturated rings.